The lowest BCUT2D eigenvalue weighted by Crippen LogP contribution is -2.45. The van der Waals surface area contributed by atoms with Gasteiger partial charge in [0.25, 0.3) is 0 Å². The number of hydrogen-bond acceptors (Lipinski definition) is 4. The monoisotopic (exact) mass is 245 g/mol. The SMILES string of the molecule is CNCC1CCCCN1c1nccn2nccc12. The van der Waals surface area contributed by atoms with Crippen molar-refractivity contribution in [2.75, 3.05) is 25.0 Å². The topological polar surface area (TPSA) is 45.5 Å². The molecule has 1 saturated heterocycles. The molecule has 0 radical (unpaired) electrons. The number of likely N-dealkylation sites (N-methyl/N-ethyl adjacent to an activating group) is 1. The Morgan fingerprint density at radius 1 is 1.39 bits per heavy atom. The maximum atomic E-state index is 4.57. The standard InChI is InChI=1S/C13H19N5/c1-14-10-11-4-2-3-8-17(11)13-12-5-6-16-18(12)9-7-15-13/h5-7,9,11,14H,2-4,8,10H2,1H3. The summed E-state index contributed by atoms with van der Waals surface area (Å²) in [5.41, 5.74) is 1.10. The van der Waals surface area contributed by atoms with Gasteiger partial charge in [-0.15, -0.1) is 0 Å². The lowest BCUT2D eigenvalue weighted by atomic mass is 10.0. The quantitative estimate of drug-likeness (QED) is 0.885. The number of hydrogen-bond donors (Lipinski definition) is 1. The van der Waals surface area contributed by atoms with Gasteiger partial charge in [0.2, 0.25) is 0 Å². The van der Waals surface area contributed by atoms with Crippen molar-refractivity contribution in [3.05, 3.63) is 24.7 Å². The van der Waals surface area contributed by atoms with Crippen LogP contribution in [0.5, 0.6) is 0 Å². The molecule has 0 aliphatic carbocycles. The van der Waals surface area contributed by atoms with Crippen molar-refractivity contribution in [3.8, 4) is 0 Å². The van der Waals surface area contributed by atoms with Gasteiger partial charge in [-0.3, -0.25) is 0 Å². The van der Waals surface area contributed by atoms with E-state index in [0.717, 1.165) is 24.4 Å². The Bertz CT molecular complexity index is 519. The summed E-state index contributed by atoms with van der Waals surface area (Å²) < 4.78 is 1.90. The van der Waals surface area contributed by atoms with Crippen molar-refractivity contribution in [3.63, 3.8) is 0 Å². The summed E-state index contributed by atoms with van der Waals surface area (Å²) in [6.07, 6.45) is 9.35. The Balaban J connectivity index is 1.98. The van der Waals surface area contributed by atoms with Crippen LogP contribution < -0.4 is 10.2 Å². The van der Waals surface area contributed by atoms with Gasteiger partial charge in [-0.25, -0.2) is 9.50 Å². The molecule has 1 atom stereocenters. The molecule has 3 heterocycles. The van der Waals surface area contributed by atoms with E-state index in [-0.39, 0.29) is 0 Å². The average molecular weight is 245 g/mol. The van der Waals surface area contributed by atoms with E-state index >= 15 is 0 Å². The molecule has 0 amide bonds. The molecule has 3 rings (SSSR count). The van der Waals surface area contributed by atoms with Gasteiger partial charge >= 0.3 is 0 Å². The first-order valence-electron chi connectivity index (χ1n) is 6.60. The van der Waals surface area contributed by atoms with E-state index in [4.69, 9.17) is 0 Å². The molecule has 0 bridgehead atoms. The van der Waals surface area contributed by atoms with Crippen molar-refractivity contribution in [2.45, 2.75) is 25.3 Å². The van der Waals surface area contributed by atoms with Crippen molar-refractivity contribution < 1.29 is 0 Å². The molecule has 2 aromatic heterocycles. The van der Waals surface area contributed by atoms with Gasteiger partial charge in [0.1, 0.15) is 5.52 Å². The van der Waals surface area contributed by atoms with Gasteiger partial charge in [-0.05, 0) is 32.4 Å². The van der Waals surface area contributed by atoms with E-state index < -0.39 is 0 Å². The van der Waals surface area contributed by atoms with Crippen LogP contribution in [0.1, 0.15) is 19.3 Å². The van der Waals surface area contributed by atoms with Crippen molar-refractivity contribution in [2.24, 2.45) is 0 Å². The van der Waals surface area contributed by atoms with Crippen molar-refractivity contribution in [1.29, 1.82) is 0 Å². The van der Waals surface area contributed by atoms with Crippen LogP contribution in [0.15, 0.2) is 24.7 Å². The number of anilines is 1. The van der Waals surface area contributed by atoms with E-state index in [9.17, 15) is 0 Å². The zero-order valence-corrected chi connectivity index (χ0v) is 10.7. The predicted octanol–water partition coefficient (Wildman–Crippen LogP) is 1.31. The van der Waals surface area contributed by atoms with Crippen LogP contribution in [0.4, 0.5) is 5.82 Å². The molecule has 0 spiro atoms. The second-order valence-electron chi connectivity index (χ2n) is 4.81. The van der Waals surface area contributed by atoms with Crippen LogP contribution in [0.3, 0.4) is 0 Å². The average Bonchev–Trinajstić information content (AvgIpc) is 2.88. The summed E-state index contributed by atoms with van der Waals surface area (Å²) >= 11 is 0. The number of rotatable bonds is 3. The van der Waals surface area contributed by atoms with Gasteiger partial charge in [0.05, 0.1) is 6.20 Å². The van der Waals surface area contributed by atoms with Crippen LogP contribution in [0, 0.1) is 0 Å². The highest BCUT2D eigenvalue weighted by molar-refractivity contribution is 5.68. The molecule has 1 aliphatic rings. The fourth-order valence-electron chi connectivity index (χ4n) is 2.79. The minimum Gasteiger partial charge on any atom is -0.351 e. The summed E-state index contributed by atoms with van der Waals surface area (Å²) in [4.78, 5) is 7.00. The molecule has 5 nitrogen and oxygen atoms in total. The number of nitrogens with one attached hydrogen (secondary N) is 1. The second-order valence-corrected chi connectivity index (χ2v) is 4.81. The minimum atomic E-state index is 0.539. The molecular formula is C13H19N5. The molecule has 0 saturated carbocycles. The number of fused-ring (bicyclic) bond motifs is 1. The first-order valence-corrected chi connectivity index (χ1v) is 6.60. The molecular weight excluding hydrogens is 226 g/mol. The van der Waals surface area contributed by atoms with E-state index in [2.05, 4.69) is 20.3 Å². The molecule has 96 valence electrons. The van der Waals surface area contributed by atoms with E-state index in [1.165, 1.54) is 19.3 Å². The van der Waals surface area contributed by atoms with Crippen molar-refractivity contribution in [1.82, 2.24) is 19.9 Å². The van der Waals surface area contributed by atoms with E-state index in [1.54, 1.807) is 0 Å². The zero-order chi connectivity index (χ0) is 12.4. The summed E-state index contributed by atoms with van der Waals surface area (Å²) in [5.74, 6) is 1.06. The molecule has 1 unspecified atom stereocenters. The van der Waals surface area contributed by atoms with Crippen LogP contribution in [-0.2, 0) is 0 Å². The predicted molar refractivity (Wildman–Crippen MR) is 71.9 cm³/mol. The number of nitrogens with zero attached hydrogens (tertiary/aromatic N) is 4. The second kappa shape index (κ2) is 4.94. The molecule has 1 fully saturated rings. The molecule has 5 heteroatoms. The Morgan fingerprint density at radius 3 is 3.22 bits per heavy atom. The molecule has 2 aromatic rings. The largest absolute Gasteiger partial charge is 0.351 e. The van der Waals surface area contributed by atoms with Crippen LogP contribution in [0.25, 0.3) is 5.52 Å². The molecule has 0 aromatic carbocycles. The Kier molecular flexibility index (Phi) is 3.15. The van der Waals surface area contributed by atoms with Gasteiger partial charge in [0.15, 0.2) is 5.82 Å². The third-order valence-electron chi connectivity index (χ3n) is 3.64. The van der Waals surface area contributed by atoms with Gasteiger partial charge in [-0.2, -0.15) is 5.10 Å². The van der Waals surface area contributed by atoms with Crippen molar-refractivity contribution >= 4 is 11.3 Å². The fourth-order valence-corrected chi connectivity index (χ4v) is 2.79. The molecule has 1 N–H and O–H groups in total. The van der Waals surface area contributed by atoms with E-state index in [0.29, 0.717) is 6.04 Å². The normalized spacial score (nSPS) is 20.5. The smallest absolute Gasteiger partial charge is 0.154 e. The lowest BCUT2D eigenvalue weighted by molar-refractivity contribution is 0.444. The lowest BCUT2D eigenvalue weighted by Gasteiger charge is -2.36. The number of aromatic nitrogens is 3. The van der Waals surface area contributed by atoms with Gasteiger partial charge < -0.3 is 10.2 Å². The highest BCUT2D eigenvalue weighted by Gasteiger charge is 2.24. The summed E-state index contributed by atoms with van der Waals surface area (Å²) in [6, 6.07) is 2.57. The van der Waals surface area contributed by atoms with Gasteiger partial charge in [0, 0.05) is 31.5 Å². The van der Waals surface area contributed by atoms with E-state index in [1.807, 2.05) is 36.2 Å². The fraction of sp³-hybridized carbons (Fsp3) is 0.538. The van der Waals surface area contributed by atoms with Crippen LogP contribution >= 0.6 is 0 Å². The highest BCUT2D eigenvalue weighted by Crippen LogP contribution is 2.26. The van der Waals surface area contributed by atoms with Gasteiger partial charge in [-0.1, -0.05) is 0 Å². The minimum absolute atomic E-state index is 0.539. The molecule has 18 heavy (non-hydrogen) atoms. The third-order valence-corrected chi connectivity index (χ3v) is 3.64. The molecule has 1 aliphatic heterocycles. The Morgan fingerprint density at radius 2 is 2.33 bits per heavy atom. The highest BCUT2D eigenvalue weighted by atomic mass is 15.3. The summed E-state index contributed by atoms with van der Waals surface area (Å²) in [5, 5.41) is 7.57. The Labute approximate surface area is 107 Å². The van der Waals surface area contributed by atoms with Crippen LogP contribution in [0.2, 0.25) is 0 Å². The number of piperidine rings is 1. The Hall–Kier alpha value is -1.62. The summed E-state index contributed by atoms with van der Waals surface area (Å²) in [7, 11) is 2.01. The summed E-state index contributed by atoms with van der Waals surface area (Å²) in [6.45, 7) is 2.10. The van der Waals surface area contributed by atoms with Crippen LogP contribution in [-0.4, -0.2) is 40.8 Å². The first-order chi connectivity index (χ1) is 8.90. The first kappa shape index (κ1) is 11.5. The maximum Gasteiger partial charge on any atom is 0.154 e. The zero-order valence-electron chi connectivity index (χ0n) is 10.7. The third kappa shape index (κ3) is 1.95. The maximum absolute atomic E-state index is 4.57.